The highest BCUT2D eigenvalue weighted by atomic mass is 16.8. The maximum atomic E-state index is 10.7. The summed E-state index contributed by atoms with van der Waals surface area (Å²) in [6.45, 7) is 4.90. The Morgan fingerprint density at radius 3 is 2.71 bits per heavy atom. The minimum Gasteiger partial charge on any atom is -0.388 e. The monoisotopic (exact) mass is 394 g/mol. The van der Waals surface area contributed by atoms with Gasteiger partial charge < -0.3 is 33.5 Å². The molecular formula is C21H30O7. The van der Waals surface area contributed by atoms with E-state index in [1.165, 1.54) is 0 Å². The molecule has 0 radical (unpaired) electrons. The number of fused-ring (bicyclic) bond motifs is 1. The number of hydrogen-bond donors (Lipinski definition) is 1. The maximum Gasteiger partial charge on any atom is 0.190 e. The summed E-state index contributed by atoms with van der Waals surface area (Å²) in [5, 5.41) is 10.7. The Morgan fingerprint density at radius 1 is 1.14 bits per heavy atom. The second-order valence-corrected chi connectivity index (χ2v) is 8.03. The topological polar surface area (TPSA) is 75.6 Å². The summed E-state index contributed by atoms with van der Waals surface area (Å²) < 4.78 is 35.3. The fourth-order valence-corrected chi connectivity index (χ4v) is 3.91. The average Bonchev–Trinajstić information content (AvgIpc) is 3.18. The van der Waals surface area contributed by atoms with Crippen LogP contribution in [0.3, 0.4) is 0 Å². The van der Waals surface area contributed by atoms with E-state index < -0.39 is 36.5 Å². The van der Waals surface area contributed by atoms with E-state index in [4.69, 9.17) is 28.4 Å². The molecule has 28 heavy (non-hydrogen) atoms. The van der Waals surface area contributed by atoms with Crippen LogP contribution in [0, 0.1) is 0 Å². The lowest BCUT2D eigenvalue weighted by Crippen LogP contribution is -2.45. The van der Waals surface area contributed by atoms with E-state index in [2.05, 4.69) is 0 Å². The van der Waals surface area contributed by atoms with E-state index in [1.54, 1.807) is 0 Å². The third-order valence-corrected chi connectivity index (χ3v) is 5.28. The minimum atomic E-state index is -0.868. The second kappa shape index (κ2) is 8.75. The highest BCUT2D eigenvalue weighted by molar-refractivity contribution is 5.13. The van der Waals surface area contributed by atoms with Gasteiger partial charge >= 0.3 is 0 Å². The Hall–Kier alpha value is -1.06. The van der Waals surface area contributed by atoms with Crippen LogP contribution < -0.4 is 0 Å². The predicted octanol–water partition coefficient (Wildman–Crippen LogP) is 2.35. The Bertz CT molecular complexity index is 616. The first kappa shape index (κ1) is 20.2. The summed E-state index contributed by atoms with van der Waals surface area (Å²) in [5.74, 6) is -0.744. The molecule has 4 rings (SSSR count). The molecule has 0 aromatic heterocycles. The number of rotatable bonds is 7. The van der Waals surface area contributed by atoms with E-state index in [9.17, 15) is 5.11 Å². The van der Waals surface area contributed by atoms with E-state index in [-0.39, 0.29) is 12.9 Å². The zero-order valence-corrected chi connectivity index (χ0v) is 16.5. The summed E-state index contributed by atoms with van der Waals surface area (Å²) in [7, 11) is 0. The molecule has 1 N–H and O–H groups in total. The Kier molecular flexibility index (Phi) is 6.32. The summed E-state index contributed by atoms with van der Waals surface area (Å²) in [6, 6.07) is 9.90. The summed E-state index contributed by atoms with van der Waals surface area (Å²) in [5.41, 5.74) is 1.05. The third-order valence-electron chi connectivity index (χ3n) is 5.28. The lowest BCUT2D eigenvalue weighted by Gasteiger charge is -2.30. The van der Waals surface area contributed by atoms with Gasteiger partial charge in [-0.1, -0.05) is 30.3 Å². The standard InChI is InChI=1S/C21H30O7/c1-21(2)27-19-18(25-12-14-8-4-3-5-9-14)17(26-20(19)28-21)15(22)13-24-16-10-6-7-11-23-16/h3-5,8-9,15-20,22H,6-7,10-13H2,1-2H3/t15-,16?,17+,18-,19+,20+/m0/s1. The van der Waals surface area contributed by atoms with Crippen molar-refractivity contribution in [3.8, 4) is 0 Å². The zero-order chi connectivity index (χ0) is 19.6. The first-order valence-corrected chi connectivity index (χ1v) is 10.1. The van der Waals surface area contributed by atoms with Gasteiger partial charge in [-0.05, 0) is 38.7 Å². The van der Waals surface area contributed by atoms with Crippen LogP contribution in [0.1, 0.15) is 38.7 Å². The number of aliphatic hydroxyl groups is 1. The molecule has 0 bridgehead atoms. The first-order chi connectivity index (χ1) is 13.5. The quantitative estimate of drug-likeness (QED) is 0.761. The van der Waals surface area contributed by atoms with Crippen LogP contribution in [0.2, 0.25) is 0 Å². The number of hydrogen-bond acceptors (Lipinski definition) is 7. The summed E-state index contributed by atoms with van der Waals surface area (Å²) >= 11 is 0. The van der Waals surface area contributed by atoms with E-state index >= 15 is 0 Å². The highest BCUT2D eigenvalue weighted by Crippen LogP contribution is 2.40. The van der Waals surface area contributed by atoms with Gasteiger partial charge in [-0.15, -0.1) is 0 Å². The highest BCUT2D eigenvalue weighted by Gasteiger charge is 2.57. The zero-order valence-electron chi connectivity index (χ0n) is 16.5. The molecule has 3 aliphatic heterocycles. The molecule has 0 aliphatic carbocycles. The van der Waals surface area contributed by atoms with Gasteiger partial charge in [0.2, 0.25) is 0 Å². The van der Waals surface area contributed by atoms with E-state index in [1.807, 2.05) is 44.2 Å². The van der Waals surface area contributed by atoms with Crippen LogP contribution in [0.4, 0.5) is 0 Å². The molecule has 3 aliphatic rings. The van der Waals surface area contributed by atoms with E-state index in [0.29, 0.717) is 13.2 Å². The molecule has 156 valence electrons. The molecule has 7 heteroatoms. The smallest absolute Gasteiger partial charge is 0.190 e. The molecule has 7 nitrogen and oxygen atoms in total. The van der Waals surface area contributed by atoms with Gasteiger partial charge in [-0.2, -0.15) is 0 Å². The lowest BCUT2D eigenvalue weighted by atomic mass is 10.1. The third kappa shape index (κ3) is 4.74. The minimum absolute atomic E-state index is 0.114. The van der Waals surface area contributed by atoms with Crippen molar-refractivity contribution in [1.29, 1.82) is 0 Å². The number of ether oxygens (including phenoxy) is 6. The molecule has 1 aromatic carbocycles. The first-order valence-electron chi connectivity index (χ1n) is 10.1. The van der Waals surface area contributed by atoms with Crippen LogP contribution in [0.15, 0.2) is 30.3 Å². The predicted molar refractivity (Wildman–Crippen MR) is 99.3 cm³/mol. The van der Waals surface area contributed by atoms with Crippen LogP contribution in [0.5, 0.6) is 0 Å². The second-order valence-electron chi connectivity index (χ2n) is 8.03. The SMILES string of the molecule is CC1(C)O[C@H]2O[C@H]([C@@H](O)COC3CCCCO3)[C@H](OCc3ccccc3)[C@H]2O1. The molecule has 1 unspecified atom stereocenters. The van der Waals surface area contributed by atoms with Crippen molar-refractivity contribution in [2.75, 3.05) is 13.2 Å². The van der Waals surface area contributed by atoms with Crippen LogP contribution in [0.25, 0.3) is 0 Å². The van der Waals surface area contributed by atoms with Crippen LogP contribution in [-0.4, -0.2) is 61.1 Å². The molecule has 0 amide bonds. The van der Waals surface area contributed by atoms with Crippen molar-refractivity contribution in [2.45, 2.75) is 82.5 Å². The Labute approximate surface area is 165 Å². The molecule has 1 aromatic rings. The fourth-order valence-electron chi connectivity index (χ4n) is 3.91. The fraction of sp³-hybridized carbons (Fsp3) is 0.714. The van der Waals surface area contributed by atoms with Crippen molar-refractivity contribution in [1.82, 2.24) is 0 Å². The van der Waals surface area contributed by atoms with Gasteiger partial charge in [0, 0.05) is 6.61 Å². The van der Waals surface area contributed by atoms with Crippen LogP contribution >= 0.6 is 0 Å². The van der Waals surface area contributed by atoms with Crippen molar-refractivity contribution in [2.24, 2.45) is 0 Å². The molecule has 3 saturated heterocycles. The molecule has 3 fully saturated rings. The molecular weight excluding hydrogens is 364 g/mol. The van der Waals surface area contributed by atoms with Gasteiger partial charge in [0.15, 0.2) is 18.4 Å². The Morgan fingerprint density at radius 2 is 1.96 bits per heavy atom. The maximum absolute atomic E-state index is 10.7. The van der Waals surface area contributed by atoms with Gasteiger partial charge in [0.05, 0.1) is 13.2 Å². The average molecular weight is 394 g/mol. The van der Waals surface area contributed by atoms with Gasteiger partial charge in [0.1, 0.15) is 24.4 Å². The molecule has 3 heterocycles. The molecule has 0 spiro atoms. The normalized spacial score (nSPS) is 35.6. The van der Waals surface area contributed by atoms with Crippen molar-refractivity contribution in [3.63, 3.8) is 0 Å². The molecule has 0 saturated carbocycles. The Balaban J connectivity index is 1.39. The van der Waals surface area contributed by atoms with E-state index in [0.717, 1.165) is 24.8 Å². The van der Waals surface area contributed by atoms with Gasteiger partial charge in [0.25, 0.3) is 0 Å². The van der Waals surface area contributed by atoms with Crippen molar-refractivity contribution < 1.29 is 33.5 Å². The van der Waals surface area contributed by atoms with Crippen LogP contribution in [-0.2, 0) is 35.0 Å². The van der Waals surface area contributed by atoms with Gasteiger partial charge in [-0.3, -0.25) is 0 Å². The van der Waals surface area contributed by atoms with Crippen molar-refractivity contribution in [3.05, 3.63) is 35.9 Å². The van der Waals surface area contributed by atoms with Crippen molar-refractivity contribution >= 4 is 0 Å². The summed E-state index contributed by atoms with van der Waals surface area (Å²) in [6.07, 6.45) is -0.187. The number of aliphatic hydroxyl groups excluding tert-OH is 1. The lowest BCUT2D eigenvalue weighted by molar-refractivity contribution is -0.240. The number of benzene rings is 1. The van der Waals surface area contributed by atoms with Gasteiger partial charge in [-0.25, -0.2) is 0 Å². The largest absolute Gasteiger partial charge is 0.388 e. The molecule has 6 atom stereocenters. The summed E-state index contributed by atoms with van der Waals surface area (Å²) in [4.78, 5) is 0.